The molecule has 0 fully saturated rings. The fourth-order valence-corrected chi connectivity index (χ4v) is 2.35. The van der Waals surface area contributed by atoms with Gasteiger partial charge in [-0.15, -0.1) is 0 Å². The highest BCUT2D eigenvalue weighted by Crippen LogP contribution is 2.26. The highest BCUT2D eigenvalue weighted by Gasteiger charge is 2.11. The molecule has 0 atom stereocenters. The number of aryl methyl sites for hydroxylation is 1. The lowest BCUT2D eigenvalue weighted by atomic mass is 10.1. The van der Waals surface area contributed by atoms with Crippen LogP contribution in [0.4, 0.5) is 5.82 Å². The van der Waals surface area contributed by atoms with Crippen molar-refractivity contribution in [3.63, 3.8) is 0 Å². The van der Waals surface area contributed by atoms with Crippen LogP contribution in [0.3, 0.4) is 0 Å². The summed E-state index contributed by atoms with van der Waals surface area (Å²) in [5, 5.41) is 1.22. The van der Waals surface area contributed by atoms with Crippen molar-refractivity contribution in [3.8, 4) is 0 Å². The van der Waals surface area contributed by atoms with Crippen molar-refractivity contribution in [1.29, 1.82) is 0 Å². The van der Waals surface area contributed by atoms with Crippen LogP contribution in [0.1, 0.15) is 17.1 Å². The third-order valence-corrected chi connectivity index (χ3v) is 4.53. The molecule has 2 aromatic rings. The summed E-state index contributed by atoms with van der Waals surface area (Å²) >= 11 is 14.4. The van der Waals surface area contributed by atoms with Crippen molar-refractivity contribution in [3.05, 3.63) is 48.9 Å². The summed E-state index contributed by atoms with van der Waals surface area (Å²) in [6.45, 7) is 1.90. The lowest BCUT2D eigenvalue weighted by molar-refractivity contribution is 0.940. The average Bonchev–Trinajstić information content (AvgIpc) is 2.31. The van der Waals surface area contributed by atoms with E-state index in [1.54, 1.807) is 12.1 Å². The largest absolute Gasteiger partial charge is 0.383 e. The molecule has 2 rings (SSSR count). The first-order valence-corrected chi connectivity index (χ1v) is 7.04. The van der Waals surface area contributed by atoms with Gasteiger partial charge in [0.15, 0.2) is 0 Å². The highest BCUT2D eigenvalue weighted by atomic mass is 127. The smallest absolute Gasteiger partial charge is 0.140 e. The van der Waals surface area contributed by atoms with Gasteiger partial charge in [0.1, 0.15) is 11.6 Å². The quantitative estimate of drug-likeness (QED) is 0.788. The van der Waals surface area contributed by atoms with E-state index in [1.807, 2.05) is 13.0 Å². The SMILES string of the molecule is Cc1nc(Cc2c(Cl)cccc2Cl)nc(N)c1I. The molecule has 0 radical (unpaired) electrons. The molecular formula is C12H10Cl2IN3. The lowest BCUT2D eigenvalue weighted by Crippen LogP contribution is -2.06. The lowest BCUT2D eigenvalue weighted by Gasteiger charge is -2.08. The van der Waals surface area contributed by atoms with Gasteiger partial charge in [0.05, 0.1) is 9.26 Å². The van der Waals surface area contributed by atoms with Crippen molar-refractivity contribution >= 4 is 51.6 Å². The number of benzene rings is 1. The Bertz CT molecular complexity index is 559. The van der Waals surface area contributed by atoms with Crippen LogP contribution in [0.15, 0.2) is 18.2 Å². The predicted molar refractivity (Wildman–Crippen MR) is 83.2 cm³/mol. The Labute approximate surface area is 129 Å². The Morgan fingerprint density at radius 2 is 1.83 bits per heavy atom. The van der Waals surface area contributed by atoms with E-state index in [1.165, 1.54) is 0 Å². The molecule has 2 N–H and O–H groups in total. The van der Waals surface area contributed by atoms with E-state index in [9.17, 15) is 0 Å². The molecule has 0 amide bonds. The molecule has 0 aliphatic rings. The maximum absolute atomic E-state index is 6.12. The zero-order valence-electron chi connectivity index (χ0n) is 9.54. The van der Waals surface area contributed by atoms with E-state index in [0.29, 0.717) is 28.1 Å². The fourth-order valence-electron chi connectivity index (χ4n) is 1.58. The van der Waals surface area contributed by atoms with E-state index in [2.05, 4.69) is 32.6 Å². The first kappa shape index (κ1) is 13.8. The molecule has 0 saturated heterocycles. The summed E-state index contributed by atoms with van der Waals surface area (Å²) < 4.78 is 0.876. The van der Waals surface area contributed by atoms with Crippen LogP contribution < -0.4 is 5.73 Å². The Balaban J connectivity index is 2.41. The topological polar surface area (TPSA) is 51.8 Å². The van der Waals surface area contributed by atoms with Gasteiger partial charge in [-0.1, -0.05) is 29.3 Å². The summed E-state index contributed by atoms with van der Waals surface area (Å²) in [7, 11) is 0. The molecule has 18 heavy (non-hydrogen) atoms. The minimum atomic E-state index is 0.473. The van der Waals surface area contributed by atoms with E-state index >= 15 is 0 Å². The highest BCUT2D eigenvalue weighted by molar-refractivity contribution is 14.1. The second-order valence-corrected chi connectivity index (χ2v) is 5.69. The van der Waals surface area contributed by atoms with Crippen molar-refractivity contribution in [2.75, 3.05) is 5.73 Å². The van der Waals surface area contributed by atoms with E-state index in [4.69, 9.17) is 28.9 Å². The number of nitrogen functional groups attached to an aromatic ring is 1. The van der Waals surface area contributed by atoms with Crippen molar-refractivity contribution in [1.82, 2.24) is 9.97 Å². The zero-order valence-corrected chi connectivity index (χ0v) is 13.2. The number of nitrogens with zero attached hydrogens (tertiary/aromatic N) is 2. The van der Waals surface area contributed by atoms with Crippen molar-refractivity contribution < 1.29 is 0 Å². The Kier molecular flexibility index (Phi) is 4.29. The minimum Gasteiger partial charge on any atom is -0.383 e. The molecule has 0 unspecified atom stereocenters. The standard InChI is InChI=1S/C12H10Cl2IN3/c1-6-11(15)12(16)18-10(17-6)5-7-8(13)3-2-4-9(7)14/h2-4H,5H2,1H3,(H2,16,17,18). The number of nitrogens with two attached hydrogens (primary N) is 1. The molecule has 0 aliphatic carbocycles. The summed E-state index contributed by atoms with van der Waals surface area (Å²) in [5.74, 6) is 1.11. The van der Waals surface area contributed by atoms with Crippen LogP contribution in [-0.2, 0) is 6.42 Å². The number of hydrogen-bond donors (Lipinski definition) is 1. The van der Waals surface area contributed by atoms with Crippen LogP contribution in [0.25, 0.3) is 0 Å². The van der Waals surface area contributed by atoms with E-state index < -0.39 is 0 Å². The average molecular weight is 394 g/mol. The van der Waals surface area contributed by atoms with Gasteiger partial charge in [-0.2, -0.15) is 0 Å². The van der Waals surface area contributed by atoms with Crippen LogP contribution in [0, 0.1) is 10.5 Å². The maximum atomic E-state index is 6.12. The second-order valence-electron chi connectivity index (χ2n) is 3.80. The Hall–Kier alpha value is -0.590. The number of hydrogen-bond acceptors (Lipinski definition) is 3. The third-order valence-electron chi connectivity index (χ3n) is 2.49. The summed E-state index contributed by atoms with van der Waals surface area (Å²) in [6, 6.07) is 5.40. The van der Waals surface area contributed by atoms with Gasteiger partial charge in [-0.3, -0.25) is 0 Å². The molecule has 1 aromatic heterocycles. The minimum absolute atomic E-state index is 0.473. The summed E-state index contributed by atoms with van der Waals surface area (Å²) in [4.78, 5) is 8.65. The molecule has 0 spiro atoms. The van der Waals surface area contributed by atoms with Gasteiger partial charge in [-0.25, -0.2) is 9.97 Å². The molecule has 0 saturated carbocycles. The Morgan fingerprint density at radius 3 is 2.39 bits per heavy atom. The third kappa shape index (κ3) is 2.87. The molecule has 3 nitrogen and oxygen atoms in total. The van der Waals surface area contributed by atoms with Crippen LogP contribution in [-0.4, -0.2) is 9.97 Å². The van der Waals surface area contributed by atoms with Gasteiger partial charge in [-0.05, 0) is 47.2 Å². The molecule has 0 bridgehead atoms. The van der Waals surface area contributed by atoms with Gasteiger partial charge in [0.25, 0.3) is 0 Å². The van der Waals surface area contributed by atoms with Gasteiger partial charge in [0.2, 0.25) is 0 Å². The summed E-state index contributed by atoms with van der Waals surface area (Å²) in [5.41, 5.74) is 7.51. The molecule has 94 valence electrons. The molecular weight excluding hydrogens is 384 g/mol. The number of halogens is 3. The molecule has 0 aliphatic heterocycles. The Morgan fingerprint density at radius 1 is 1.22 bits per heavy atom. The maximum Gasteiger partial charge on any atom is 0.140 e. The van der Waals surface area contributed by atoms with Crippen LogP contribution >= 0.6 is 45.8 Å². The molecule has 1 heterocycles. The molecule has 1 aromatic carbocycles. The number of aromatic nitrogens is 2. The van der Waals surface area contributed by atoms with Crippen LogP contribution in [0.5, 0.6) is 0 Å². The van der Waals surface area contributed by atoms with Crippen LogP contribution in [0.2, 0.25) is 10.0 Å². The predicted octanol–water partition coefficient (Wildman–Crippen LogP) is 3.87. The second kappa shape index (κ2) is 5.59. The van der Waals surface area contributed by atoms with Gasteiger partial charge in [0, 0.05) is 16.5 Å². The van der Waals surface area contributed by atoms with Gasteiger partial charge >= 0.3 is 0 Å². The fraction of sp³-hybridized carbons (Fsp3) is 0.167. The first-order chi connectivity index (χ1) is 8.49. The monoisotopic (exact) mass is 393 g/mol. The van der Waals surface area contributed by atoms with Crippen molar-refractivity contribution in [2.45, 2.75) is 13.3 Å². The van der Waals surface area contributed by atoms with E-state index in [-0.39, 0.29) is 0 Å². The van der Waals surface area contributed by atoms with Crippen molar-refractivity contribution in [2.24, 2.45) is 0 Å². The number of anilines is 1. The summed E-state index contributed by atoms with van der Waals surface area (Å²) in [6.07, 6.45) is 0.473. The molecule has 6 heteroatoms. The van der Waals surface area contributed by atoms with E-state index in [0.717, 1.165) is 14.8 Å². The normalized spacial score (nSPS) is 10.7. The number of rotatable bonds is 2. The first-order valence-electron chi connectivity index (χ1n) is 5.20. The van der Waals surface area contributed by atoms with Gasteiger partial charge < -0.3 is 5.73 Å². The zero-order chi connectivity index (χ0) is 13.3.